The van der Waals surface area contributed by atoms with Gasteiger partial charge in [0.15, 0.2) is 11.5 Å². The molecule has 0 saturated carbocycles. The molecule has 0 N–H and O–H groups in total. The number of methoxy groups -OCH3 is 1. The predicted octanol–water partition coefficient (Wildman–Crippen LogP) is 4.59. The van der Waals surface area contributed by atoms with Crippen LogP contribution in [-0.4, -0.2) is 24.5 Å². The van der Waals surface area contributed by atoms with Crippen LogP contribution in [0.3, 0.4) is 0 Å². The Morgan fingerprint density at radius 2 is 2.04 bits per heavy atom. The van der Waals surface area contributed by atoms with Crippen LogP contribution in [0.4, 0.5) is 0 Å². The Kier molecular flexibility index (Phi) is 5.96. The van der Waals surface area contributed by atoms with Crippen LogP contribution < -0.4 is 9.47 Å². The molecule has 0 bridgehead atoms. The van der Waals surface area contributed by atoms with Gasteiger partial charge in [-0.2, -0.15) is 0 Å². The van der Waals surface area contributed by atoms with Crippen LogP contribution >= 0.6 is 11.3 Å². The number of hydrogen-bond donors (Lipinski definition) is 0. The summed E-state index contributed by atoms with van der Waals surface area (Å²) in [5, 5.41) is 2.01. The van der Waals surface area contributed by atoms with E-state index in [0.717, 1.165) is 10.6 Å². The van der Waals surface area contributed by atoms with E-state index in [4.69, 9.17) is 13.9 Å². The second-order valence-electron chi connectivity index (χ2n) is 5.62. The van der Waals surface area contributed by atoms with Crippen molar-refractivity contribution >= 4 is 17.2 Å². The molecule has 0 unspecified atom stereocenters. The lowest BCUT2D eigenvalue weighted by molar-refractivity contribution is 0.0719. The van der Waals surface area contributed by atoms with E-state index < -0.39 is 0 Å². The fraction of sp³-hybridized carbons (Fsp3) is 0.250. The number of carbonyl (C=O) groups excluding carboxylic acids is 1. The third-order valence-corrected chi connectivity index (χ3v) is 4.71. The number of ether oxygens (including phenoxy) is 2. The summed E-state index contributed by atoms with van der Waals surface area (Å²) in [5.74, 6) is 1.83. The first kappa shape index (κ1) is 18.1. The van der Waals surface area contributed by atoms with Crippen molar-refractivity contribution in [1.82, 2.24) is 4.90 Å². The Hall–Kier alpha value is -2.73. The fourth-order valence-electron chi connectivity index (χ4n) is 2.64. The molecular weight excluding hydrogens is 350 g/mol. The lowest BCUT2D eigenvalue weighted by Crippen LogP contribution is -2.29. The van der Waals surface area contributed by atoms with Gasteiger partial charge in [-0.3, -0.25) is 4.79 Å². The SMILES string of the molecule is CCOc1cc(C(=O)N(Cc2ccco2)Cc2cccs2)ccc1OC. The van der Waals surface area contributed by atoms with Crippen molar-refractivity contribution in [2.45, 2.75) is 20.0 Å². The van der Waals surface area contributed by atoms with Crippen molar-refractivity contribution in [2.24, 2.45) is 0 Å². The molecule has 0 aliphatic carbocycles. The van der Waals surface area contributed by atoms with Gasteiger partial charge in [-0.1, -0.05) is 6.07 Å². The first-order chi connectivity index (χ1) is 12.7. The number of benzene rings is 1. The molecule has 0 spiro atoms. The second kappa shape index (κ2) is 8.58. The molecule has 0 atom stereocenters. The molecule has 26 heavy (non-hydrogen) atoms. The van der Waals surface area contributed by atoms with Crippen LogP contribution in [0.15, 0.2) is 58.5 Å². The van der Waals surface area contributed by atoms with Crippen LogP contribution in [0.2, 0.25) is 0 Å². The number of amides is 1. The average molecular weight is 371 g/mol. The van der Waals surface area contributed by atoms with Gasteiger partial charge in [0.05, 0.1) is 33.1 Å². The quantitative estimate of drug-likeness (QED) is 0.581. The number of nitrogens with zero attached hydrogens (tertiary/aromatic N) is 1. The van der Waals surface area contributed by atoms with E-state index in [1.165, 1.54) is 0 Å². The van der Waals surface area contributed by atoms with Crippen molar-refractivity contribution in [1.29, 1.82) is 0 Å². The normalized spacial score (nSPS) is 10.5. The zero-order valence-corrected chi connectivity index (χ0v) is 15.6. The van der Waals surface area contributed by atoms with Crippen molar-refractivity contribution in [3.05, 3.63) is 70.3 Å². The smallest absolute Gasteiger partial charge is 0.254 e. The first-order valence-corrected chi connectivity index (χ1v) is 9.24. The van der Waals surface area contributed by atoms with Gasteiger partial charge < -0.3 is 18.8 Å². The van der Waals surface area contributed by atoms with Crippen LogP contribution in [0.25, 0.3) is 0 Å². The highest BCUT2D eigenvalue weighted by Crippen LogP contribution is 2.29. The number of rotatable bonds is 8. The summed E-state index contributed by atoms with van der Waals surface area (Å²) in [6.07, 6.45) is 1.61. The molecule has 3 aromatic rings. The molecule has 0 aliphatic heterocycles. The van der Waals surface area contributed by atoms with Crippen LogP contribution in [0.5, 0.6) is 11.5 Å². The van der Waals surface area contributed by atoms with E-state index in [1.807, 2.05) is 36.6 Å². The van der Waals surface area contributed by atoms with Crippen molar-refractivity contribution in [3.63, 3.8) is 0 Å². The van der Waals surface area contributed by atoms with Gasteiger partial charge in [0.2, 0.25) is 0 Å². The maximum atomic E-state index is 13.1. The van der Waals surface area contributed by atoms with Crippen LogP contribution in [0.1, 0.15) is 27.9 Å². The molecule has 1 amide bonds. The van der Waals surface area contributed by atoms with E-state index in [9.17, 15) is 4.79 Å². The summed E-state index contributed by atoms with van der Waals surface area (Å²) in [6, 6.07) is 12.9. The molecule has 0 fully saturated rings. The molecule has 0 saturated heterocycles. The second-order valence-corrected chi connectivity index (χ2v) is 6.65. The van der Waals surface area contributed by atoms with Crippen molar-refractivity contribution in [3.8, 4) is 11.5 Å². The highest BCUT2D eigenvalue weighted by Gasteiger charge is 2.20. The maximum Gasteiger partial charge on any atom is 0.254 e. The standard InChI is InChI=1S/C20H21NO4S/c1-3-24-19-12-15(8-9-18(19)23-2)20(22)21(13-16-6-4-10-25-16)14-17-7-5-11-26-17/h4-12H,3,13-14H2,1-2H3. The average Bonchev–Trinajstić information content (AvgIpc) is 3.35. The number of carbonyl (C=O) groups is 1. The molecular formula is C20H21NO4S. The molecule has 3 rings (SSSR count). The highest BCUT2D eigenvalue weighted by molar-refractivity contribution is 7.09. The van der Waals surface area contributed by atoms with Crippen molar-refractivity contribution < 1.29 is 18.7 Å². The van der Waals surface area contributed by atoms with Gasteiger partial charge in [0.1, 0.15) is 5.76 Å². The molecule has 6 heteroatoms. The maximum absolute atomic E-state index is 13.1. The predicted molar refractivity (Wildman–Crippen MR) is 101 cm³/mol. The Labute approximate surface area is 156 Å². The van der Waals surface area contributed by atoms with E-state index in [1.54, 1.807) is 47.8 Å². The van der Waals surface area contributed by atoms with Gasteiger partial charge in [0, 0.05) is 10.4 Å². The minimum atomic E-state index is -0.0848. The Balaban J connectivity index is 1.87. The van der Waals surface area contributed by atoms with Crippen molar-refractivity contribution in [2.75, 3.05) is 13.7 Å². The summed E-state index contributed by atoms with van der Waals surface area (Å²) in [7, 11) is 1.58. The minimum absolute atomic E-state index is 0.0848. The lowest BCUT2D eigenvalue weighted by atomic mass is 10.1. The Bertz CT molecular complexity index is 791. The van der Waals surface area contributed by atoms with Gasteiger partial charge in [-0.05, 0) is 48.7 Å². The summed E-state index contributed by atoms with van der Waals surface area (Å²) < 4.78 is 16.3. The zero-order valence-electron chi connectivity index (χ0n) is 14.8. The Morgan fingerprint density at radius 1 is 1.15 bits per heavy atom. The van der Waals surface area contributed by atoms with E-state index in [2.05, 4.69) is 0 Å². The molecule has 0 radical (unpaired) electrons. The van der Waals surface area contributed by atoms with Gasteiger partial charge in [-0.15, -0.1) is 11.3 Å². The van der Waals surface area contributed by atoms with Gasteiger partial charge >= 0.3 is 0 Å². The van der Waals surface area contributed by atoms with Gasteiger partial charge in [-0.25, -0.2) is 0 Å². The summed E-state index contributed by atoms with van der Waals surface area (Å²) >= 11 is 1.62. The van der Waals surface area contributed by atoms with E-state index in [0.29, 0.717) is 36.8 Å². The van der Waals surface area contributed by atoms with Crippen LogP contribution in [-0.2, 0) is 13.1 Å². The molecule has 2 heterocycles. The molecule has 5 nitrogen and oxygen atoms in total. The van der Waals surface area contributed by atoms with Crippen LogP contribution in [0, 0.1) is 0 Å². The third kappa shape index (κ3) is 4.26. The van der Waals surface area contributed by atoms with E-state index >= 15 is 0 Å². The fourth-order valence-corrected chi connectivity index (χ4v) is 3.36. The first-order valence-electron chi connectivity index (χ1n) is 8.36. The number of furan rings is 1. The summed E-state index contributed by atoms with van der Waals surface area (Å²) in [6.45, 7) is 3.32. The topological polar surface area (TPSA) is 51.9 Å². The number of hydrogen-bond acceptors (Lipinski definition) is 5. The largest absolute Gasteiger partial charge is 0.493 e. The summed E-state index contributed by atoms with van der Waals surface area (Å²) in [4.78, 5) is 16.0. The highest BCUT2D eigenvalue weighted by atomic mass is 32.1. The van der Waals surface area contributed by atoms with Gasteiger partial charge in [0.25, 0.3) is 5.91 Å². The number of thiophene rings is 1. The molecule has 1 aromatic carbocycles. The van der Waals surface area contributed by atoms with E-state index in [-0.39, 0.29) is 5.91 Å². The lowest BCUT2D eigenvalue weighted by Gasteiger charge is -2.22. The summed E-state index contributed by atoms with van der Waals surface area (Å²) in [5.41, 5.74) is 0.553. The minimum Gasteiger partial charge on any atom is -0.493 e. The molecule has 0 aliphatic rings. The Morgan fingerprint density at radius 3 is 2.69 bits per heavy atom. The molecule has 2 aromatic heterocycles. The monoisotopic (exact) mass is 371 g/mol. The third-order valence-electron chi connectivity index (χ3n) is 3.85. The molecule has 136 valence electrons. The zero-order chi connectivity index (χ0) is 18.4.